The van der Waals surface area contributed by atoms with Gasteiger partial charge < -0.3 is 14.2 Å². The molecule has 0 fully saturated rings. The first kappa shape index (κ1) is 43.6. The number of nitriles is 1. The summed E-state index contributed by atoms with van der Waals surface area (Å²) in [5.41, 5.74) is 1.69. The largest absolute Gasteiger partial charge is 0.379 e. The van der Waals surface area contributed by atoms with Gasteiger partial charge in [-0.1, -0.05) is 193 Å². The van der Waals surface area contributed by atoms with Crippen LogP contribution in [0.25, 0.3) is 0 Å². The molecule has 0 unspecified atom stereocenters. The number of unbranched alkanes of at least 4 members (excludes halogenated alkanes) is 26. The molecule has 4 heteroatoms. The second-order valence-electron chi connectivity index (χ2n) is 14.1. The summed E-state index contributed by atoms with van der Waals surface area (Å²) in [6.45, 7) is 7.77. The molecule has 0 radical (unpaired) electrons. The van der Waals surface area contributed by atoms with E-state index in [-0.39, 0.29) is 6.10 Å². The van der Waals surface area contributed by atoms with Gasteiger partial charge >= 0.3 is 0 Å². The van der Waals surface area contributed by atoms with Crippen LogP contribution in [-0.4, -0.2) is 32.5 Å². The van der Waals surface area contributed by atoms with Gasteiger partial charge in [0, 0.05) is 13.2 Å². The molecular formula is C43H77NO3. The number of nitrogens with zero attached hydrogens (tertiary/aromatic N) is 1. The normalized spacial score (nSPS) is 11.4. The van der Waals surface area contributed by atoms with Crippen LogP contribution in [0.15, 0.2) is 24.3 Å². The van der Waals surface area contributed by atoms with E-state index in [4.69, 9.17) is 14.2 Å². The average Bonchev–Trinajstić information content (AvgIpc) is 3.09. The fourth-order valence-electron chi connectivity index (χ4n) is 6.32. The van der Waals surface area contributed by atoms with Crippen molar-refractivity contribution in [3.05, 3.63) is 35.4 Å². The fraction of sp³-hybridized carbons (Fsp3) is 0.837. The van der Waals surface area contributed by atoms with Gasteiger partial charge in [0.25, 0.3) is 0 Å². The van der Waals surface area contributed by atoms with Gasteiger partial charge in [0.15, 0.2) is 0 Å². The van der Waals surface area contributed by atoms with Gasteiger partial charge in [-0.15, -0.1) is 0 Å². The monoisotopic (exact) mass is 656 g/mol. The highest BCUT2D eigenvalue weighted by Crippen LogP contribution is 2.15. The minimum atomic E-state index is -0.0842. The van der Waals surface area contributed by atoms with Crippen molar-refractivity contribution in [2.45, 2.75) is 206 Å². The summed E-state index contributed by atoms with van der Waals surface area (Å²) in [7, 11) is 0. The number of hydrogen-bond acceptors (Lipinski definition) is 4. The van der Waals surface area contributed by atoms with Crippen LogP contribution in [0.4, 0.5) is 0 Å². The van der Waals surface area contributed by atoms with E-state index in [1.807, 2.05) is 24.3 Å². The highest BCUT2D eigenvalue weighted by atomic mass is 16.6. The Labute approximate surface area is 293 Å². The van der Waals surface area contributed by atoms with E-state index < -0.39 is 0 Å². The topological polar surface area (TPSA) is 51.5 Å². The smallest absolute Gasteiger partial charge is 0.105 e. The molecule has 1 aromatic rings. The zero-order chi connectivity index (χ0) is 33.7. The molecular weight excluding hydrogens is 578 g/mol. The molecule has 0 saturated carbocycles. The second-order valence-corrected chi connectivity index (χ2v) is 14.1. The first-order valence-electron chi connectivity index (χ1n) is 20.6. The zero-order valence-corrected chi connectivity index (χ0v) is 31.4. The van der Waals surface area contributed by atoms with Crippen molar-refractivity contribution < 1.29 is 14.2 Å². The van der Waals surface area contributed by atoms with E-state index in [9.17, 15) is 5.26 Å². The average molecular weight is 656 g/mol. The zero-order valence-electron chi connectivity index (χ0n) is 31.4. The molecule has 4 nitrogen and oxygen atoms in total. The highest BCUT2D eigenvalue weighted by molar-refractivity contribution is 5.32. The van der Waals surface area contributed by atoms with Gasteiger partial charge in [0.05, 0.1) is 31.5 Å². The second kappa shape index (κ2) is 35.9. The SMILES string of the molecule is CCCCCCCCCCCCCCCCOCC(COCCCCCCCCCCCCCCCC)OCc1cccc(C#N)c1. The molecule has 47 heavy (non-hydrogen) atoms. The lowest BCUT2D eigenvalue weighted by atomic mass is 10.0. The lowest BCUT2D eigenvalue weighted by Gasteiger charge is -2.19. The van der Waals surface area contributed by atoms with Gasteiger partial charge in [-0.3, -0.25) is 0 Å². The molecule has 0 heterocycles. The number of rotatable bonds is 37. The quantitative estimate of drug-likeness (QED) is 0.0669. The van der Waals surface area contributed by atoms with E-state index in [2.05, 4.69) is 19.9 Å². The van der Waals surface area contributed by atoms with Crippen molar-refractivity contribution in [3.63, 3.8) is 0 Å². The van der Waals surface area contributed by atoms with Gasteiger partial charge in [-0.05, 0) is 30.5 Å². The molecule has 0 bridgehead atoms. The van der Waals surface area contributed by atoms with E-state index in [0.29, 0.717) is 25.4 Å². The Kier molecular flexibility index (Phi) is 33.3. The minimum absolute atomic E-state index is 0.0842. The molecule has 0 aliphatic heterocycles. The van der Waals surface area contributed by atoms with Crippen LogP contribution in [0.5, 0.6) is 0 Å². The Balaban J connectivity index is 2.09. The van der Waals surface area contributed by atoms with Crippen LogP contribution in [0.2, 0.25) is 0 Å². The van der Waals surface area contributed by atoms with Gasteiger partial charge in [-0.2, -0.15) is 5.26 Å². The van der Waals surface area contributed by atoms with Gasteiger partial charge in [-0.25, -0.2) is 0 Å². The first-order chi connectivity index (χ1) is 23.3. The fourth-order valence-corrected chi connectivity index (χ4v) is 6.32. The summed E-state index contributed by atoms with van der Waals surface area (Å²) in [4.78, 5) is 0. The molecule has 0 saturated heterocycles. The minimum Gasteiger partial charge on any atom is -0.379 e. The van der Waals surface area contributed by atoms with Crippen molar-refractivity contribution in [2.24, 2.45) is 0 Å². The maximum Gasteiger partial charge on any atom is 0.105 e. The third-order valence-electron chi connectivity index (χ3n) is 9.43. The van der Waals surface area contributed by atoms with Crippen molar-refractivity contribution in [3.8, 4) is 6.07 Å². The Bertz CT molecular complexity index is 770. The van der Waals surface area contributed by atoms with Gasteiger partial charge in [0.2, 0.25) is 0 Å². The van der Waals surface area contributed by atoms with E-state index in [0.717, 1.165) is 31.6 Å². The van der Waals surface area contributed by atoms with Crippen LogP contribution >= 0.6 is 0 Å². The molecule has 0 aliphatic carbocycles. The lowest BCUT2D eigenvalue weighted by molar-refractivity contribution is -0.0674. The molecule has 1 aromatic carbocycles. The highest BCUT2D eigenvalue weighted by Gasteiger charge is 2.11. The Morgan fingerprint density at radius 1 is 0.511 bits per heavy atom. The van der Waals surface area contributed by atoms with Crippen LogP contribution in [-0.2, 0) is 20.8 Å². The maximum absolute atomic E-state index is 9.23. The predicted molar refractivity (Wildman–Crippen MR) is 202 cm³/mol. The van der Waals surface area contributed by atoms with Crippen LogP contribution in [0, 0.1) is 11.3 Å². The number of benzene rings is 1. The standard InChI is InChI=1S/C43H77NO3/c1-3-5-7-9-11-13-15-17-19-21-23-25-27-29-34-45-39-43(47-38-42-33-31-32-41(36-42)37-44)40-46-35-30-28-26-24-22-20-18-16-14-12-10-8-6-4-2/h31-33,36,43H,3-30,34-35,38-40H2,1-2H3. The molecule has 1 rings (SSSR count). The summed E-state index contributed by atoms with van der Waals surface area (Å²) in [5, 5.41) is 9.23. The molecule has 0 amide bonds. The number of hydrogen-bond donors (Lipinski definition) is 0. The Morgan fingerprint density at radius 2 is 0.872 bits per heavy atom. The number of ether oxygens (including phenoxy) is 3. The van der Waals surface area contributed by atoms with Crippen LogP contribution in [0.1, 0.15) is 205 Å². The molecule has 0 aromatic heterocycles. The lowest BCUT2D eigenvalue weighted by Crippen LogP contribution is -2.26. The molecule has 0 aliphatic rings. The van der Waals surface area contributed by atoms with Crippen LogP contribution in [0.3, 0.4) is 0 Å². The van der Waals surface area contributed by atoms with Crippen molar-refractivity contribution in [1.82, 2.24) is 0 Å². The summed E-state index contributed by atoms with van der Waals surface area (Å²) in [6, 6.07) is 9.90. The molecule has 0 atom stereocenters. The van der Waals surface area contributed by atoms with Crippen molar-refractivity contribution in [2.75, 3.05) is 26.4 Å². The third kappa shape index (κ3) is 30.4. The maximum atomic E-state index is 9.23. The molecule has 0 N–H and O–H groups in total. The summed E-state index contributed by atoms with van der Waals surface area (Å²) in [6.07, 6.45) is 38.2. The van der Waals surface area contributed by atoms with E-state index in [1.165, 1.54) is 167 Å². The summed E-state index contributed by atoms with van der Waals surface area (Å²) in [5.74, 6) is 0. The first-order valence-corrected chi connectivity index (χ1v) is 20.6. The molecule has 272 valence electrons. The van der Waals surface area contributed by atoms with E-state index in [1.54, 1.807) is 0 Å². The van der Waals surface area contributed by atoms with Crippen molar-refractivity contribution in [1.29, 1.82) is 5.26 Å². The Hall–Kier alpha value is -1.41. The predicted octanol–water partition coefficient (Wildman–Crippen LogP) is 13.4. The Morgan fingerprint density at radius 3 is 1.23 bits per heavy atom. The van der Waals surface area contributed by atoms with E-state index >= 15 is 0 Å². The summed E-state index contributed by atoms with van der Waals surface area (Å²) < 4.78 is 18.3. The molecule has 0 spiro atoms. The third-order valence-corrected chi connectivity index (χ3v) is 9.43. The van der Waals surface area contributed by atoms with Gasteiger partial charge in [0.1, 0.15) is 6.10 Å². The summed E-state index contributed by atoms with van der Waals surface area (Å²) >= 11 is 0. The van der Waals surface area contributed by atoms with Crippen LogP contribution < -0.4 is 0 Å². The van der Waals surface area contributed by atoms with Crippen molar-refractivity contribution >= 4 is 0 Å².